The van der Waals surface area contributed by atoms with Gasteiger partial charge in [0.2, 0.25) is 11.8 Å². The van der Waals surface area contributed by atoms with Crippen LogP contribution >= 0.6 is 0 Å². The molecule has 1 heterocycles. The minimum atomic E-state index is -0.579. The van der Waals surface area contributed by atoms with Crippen molar-refractivity contribution in [2.75, 3.05) is 13.1 Å². The van der Waals surface area contributed by atoms with Crippen LogP contribution in [0.2, 0.25) is 0 Å². The maximum Gasteiger partial charge on any atom is 0.269 e. The Hall–Kier alpha value is -2.61. The van der Waals surface area contributed by atoms with Crippen molar-refractivity contribution in [3.8, 4) is 0 Å². The van der Waals surface area contributed by atoms with Crippen LogP contribution in [0.1, 0.15) is 17.3 Å². The van der Waals surface area contributed by atoms with Crippen molar-refractivity contribution in [2.24, 2.45) is 0 Å². The van der Waals surface area contributed by atoms with Crippen LogP contribution in [0.3, 0.4) is 0 Å². The third-order valence-electron chi connectivity index (χ3n) is 3.28. The van der Waals surface area contributed by atoms with Gasteiger partial charge in [0.15, 0.2) is 5.78 Å². The van der Waals surface area contributed by atoms with Gasteiger partial charge >= 0.3 is 0 Å². The number of ketones is 1. The van der Waals surface area contributed by atoms with Gasteiger partial charge in [0, 0.05) is 17.7 Å². The fourth-order valence-corrected chi connectivity index (χ4v) is 2.01. The van der Waals surface area contributed by atoms with E-state index in [0.717, 1.165) is 0 Å². The summed E-state index contributed by atoms with van der Waals surface area (Å²) in [6.45, 7) is 1.47. The van der Waals surface area contributed by atoms with Crippen LogP contribution in [0.4, 0.5) is 5.69 Å². The number of Topliss-reactive ketones (excluding diaryl/α,β-unsaturated/α-hetero) is 1. The smallest absolute Gasteiger partial charge is 0.269 e. The van der Waals surface area contributed by atoms with Crippen molar-refractivity contribution >= 4 is 23.3 Å². The second-order valence-corrected chi connectivity index (χ2v) is 4.72. The SMILES string of the molecule is CC1C(=O)NC(=O)CN1CC(=O)c1ccc([N+](=O)[O-])cc1. The highest BCUT2D eigenvalue weighted by molar-refractivity contribution is 6.03. The van der Waals surface area contributed by atoms with E-state index >= 15 is 0 Å². The van der Waals surface area contributed by atoms with Gasteiger partial charge < -0.3 is 0 Å². The third kappa shape index (κ3) is 3.29. The van der Waals surface area contributed by atoms with Gasteiger partial charge in [0.05, 0.1) is 24.1 Å². The second-order valence-electron chi connectivity index (χ2n) is 4.72. The summed E-state index contributed by atoms with van der Waals surface area (Å²) in [5.41, 5.74) is 0.193. The zero-order valence-corrected chi connectivity index (χ0v) is 11.2. The molecule has 1 aromatic rings. The van der Waals surface area contributed by atoms with Gasteiger partial charge in [-0.1, -0.05) is 0 Å². The fraction of sp³-hybridized carbons (Fsp3) is 0.308. The molecule has 21 heavy (non-hydrogen) atoms. The first-order valence-electron chi connectivity index (χ1n) is 6.24. The molecule has 8 heteroatoms. The van der Waals surface area contributed by atoms with Crippen molar-refractivity contribution in [3.05, 3.63) is 39.9 Å². The minimum Gasteiger partial charge on any atom is -0.294 e. The number of nitro groups is 1. The van der Waals surface area contributed by atoms with Crippen LogP contribution in [0.15, 0.2) is 24.3 Å². The van der Waals surface area contributed by atoms with E-state index in [-0.39, 0.29) is 24.6 Å². The molecule has 1 aromatic carbocycles. The Kier molecular flexibility index (Phi) is 4.08. The molecule has 1 saturated heterocycles. The number of imide groups is 1. The molecule has 8 nitrogen and oxygen atoms in total. The highest BCUT2D eigenvalue weighted by Gasteiger charge is 2.31. The van der Waals surface area contributed by atoms with Crippen molar-refractivity contribution < 1.29 is 19.3 Å². The van der Waals surface area contributed by atoms with E-state index < -0.39 is 22.8 Å². The predicted molar refractivity (Wildman–Crippen MR) is 71.6 cm³/mol. The number of piperazine rings is 1. The molecule has 0 bridgehead atoms. The van der Waals surface area contributed by atoms with E-state index in [1.165, 1.54) is 29.2 Å². The molecule has 1 atom stereocenters. The summed E-state index contributed by atoms with van der Waals surface area (Å²) < 4.78 is 0. The molecule has 2 amide bonds. The average Bonchev–Trinajstić information content (AvgIpc) is 2.44. The number of nitrogens with zero attached hydrogens (tertiary/aromatic N) is 2. The quantitative estimate of drug-likeness (QED) is 0.365. The first-order valence-corrected chi connectivity index (χ1v) is 6.24. The zero-order valence-electron chi connectivity index (χ0n) is 11.2. The molecule has 0 spiro atoms. The molecule has 0 saturated carbocycles. The van der Waals surface area contributed by atoms with Crippen molar-refractivity contribution in [1.29, 1.82) is 0 Å². The summed E-state index contributed by atoms with van der Waals surface area (Å²) in [7, 11) is 0. The standard InChI is InChI=1S/C13H13N3O5/c1-8-13(19)14-12(18)7-15(8)6-11(17)9-2-4-10(5-3-9)16(20)21/h2-5,8H,6-7H2,1H3,(H,14,18,19). The second kappa shape index (κ2) is 5.80. The summed E-state index contributed by atoms with van der Waals surface area (Å²) in [5, 5.41) is 12.7. The van der Waals surface area contributed by atoms with Crippen LogP contribution in [0.25, 0.3) is 0 Å². The van der Waals surface area contributed by atoms with Gasteiger partial charge in [0.1, 0.15) is 0 Å². The molecule has 1 unspecified atom stereocenters. The number of carbonyl (C=O) groups is 3. The largest absolute Gasteiger partial charge is 0.294 e. The van der Waals surface area contributed by atoms with E-state index in [4.69, 9.17) is 0 Å². The van der Waals surface area contributed by atoms with Crippen LogP contribution in [0, 0.1) is 10.1 Å². The Morgan fingerprint density at radius 1 is 1.38 bits per heavy atom. The fourth-order valence-electron chi connectivity index (χ4n) is 2.01. The number of nitrogens with one attached hydrogen (secondary N) is 1. The average molecular weight is 291 g/mol. The third-order valence-corrected chi connectivity index (χ3v) is 3.28. The van der Waals surface area contributed by atoms with Crippen LogP contribution in [-0.4, -0.2) is 46.6 Å². The lowest BCUT2D eigenvalue weighted by atomic mass is 10.1. The summed E-state index contributed by atoms with van der Waals surface area (Å²) in [4.78, 5) is 46.4. The maximum absolute atomic E-state index is 12.1. The molecule has 1 aliphatic heterocycles. The Morgan fingerprint density at radius 2 is 2.00 bits per heavy atom. The van der Waals surface area contributed by atoms with E-state index in [9.17, 15) is 24.5 Å². The summed E-state index contributed by atoms with van der Waals surface area (Å²) in [6, 6.07) is 4.62. The number of nitro benzene ring substituents is 1. The highest BCUT2D eigenvalue weighted by atomic mass is 16.6. The van der Waals surface area contributed by atoms with E-state index in [1.807, 2.05) is 0 Å². The van der Waals surface area contributed by atoms with Gasteiger partial charge in [-0.3, -0.25) is 34.7 Å². The number of non-ortho nitro benzene ring substituents is 1. The summed E-state index contributed by atoms with van der Waals surface area (Å²) >= 11 is 0. The lowest BCUT2D eigenvalue weighted by molar-refractivity contribution is -0.384. The molecular weight excluding hydrogens is 278 g/mol. The molecule has 0 aliphatic carbocycles. The normalized spacial score (nSPS) is 19.2. The summed E-state index contributed by atoms with van der Waals surface area (Å²) in [6.07, 6.45) is 0. The van der Waals surface area contributed by atoms with Crippen molar-refractivity contribution in [2.45, 2.75) is 13.0 Å². The van der Waals surface area contributed by atoms with E-state index in [1.54, 1.807) is 6.92 Å². The predicted octanol–water partition coefficient (Wildman–Crippen LogP) is 0.124. The molecule has 0 radical (unpaired) electrons. The Balaban J connectivity index is 2.08. The number of carbonyl (C=O) groups excluding carboxylic acids is 3. The highest BCUT2D eigenvalue weighted by Crippen LogP contribution is 2.13. The maximum atomic E-state index is 12.1. The molecular formula is C13H13N3O5. The molecule has 1 aliphatic rings. The molecule has 2 rings (SSSR count). The topological polar surface area (TPSA) is 110 Å². The lowest BCUT2D eigenvalue weighted by Gasteiger charge is -2.30. The van der Waals surface area contributed by atoms with Crippen molar-refractivity contribution in [1.82, 2.24) is 10.2 Å². The van der Waals surface area contributed by atoms with Gasteiger partial charge in [-0.15, -0.1) is 0 Å². The zero-order chi connectivity index (χ0) is 15.6. The van der Waals surface area contributed by atoms with Crippen molar-refractivity contribution in [3.63, 3.8) is 0 Å². The Morgan fingerprint density at radius 3 is 2.57 bits per heavy atom. The molecule has 110 valence electrons. The number of hydrogen-bond acceptors (Lipinski definition) is 6. The minimum absolute atomic E-state index is 0.0361. The van der Waals surface area contributed by atoms with Crippen LogP contribution in [0.5, 0.6) is 0 Å². The van der Waals surface area contributed by atoms with Crippen LogP contribution < -0.4 is 5.32 Å². The van der Waals surface area contributed by atoms with E-state index in [0.29, 0.717) is 5.56 Å². The molecule has 1 N–H and O–H groups in total. The summed E-state index contributed by atoms with van der Waals surface area (Å²) in [5.74, 6) is -1.20. The van der Waals surface area contributed by atoms with Gasteiger partial charge in [0.25, 0.3) is 5.69 Å². The number of amides is 2. The number of benzene rings is 1. The van der Waals surface area contributed by atoms with Crippen LogP contribution in [-0.2, 0) is 9.59 Å². The first-order chi connectivity index (χ1) is 9.88. The van der Waals surface area contributed by atoms with E-state index in [2.05, 4.69) is 5.32 Å². The lowest BCUT2D eigenvalue weighted by Crippen LogP contribution is -2.57. The molecule has 1 fully saturated rings. The monoisotopic (exact) mass is 291 g/mol. The number of rotatable bonds is 4. The van der Waals surface area contributed by atoms with Gasteiger partial charge in [-0.25, -0.2) is 0 Å². The van der Waals surface area contributed by atoms with Gasteiger partial charge in [-0.2, -0.15) is 0 Å². The Bertz CT molecular complexity index is 611. The molecule has 0 aromatic heterocycles. The Labute approximate surface area is 119 Å². The number of hydrogen-bond donors (Lipinski definition) is 1. The first kappa shape index (κ1) is 14.8. The van der Waals surface area contributed by atoms with Gasteiger partial charge in [-0.05, 0) is 19.1 Å².